The third-order valence-electron chi connectivity index (χ3n) is 3.01. The van der Waals surface area contributed by atoms with E-state index >= 15 is 0 Å². The second-order valence-corrected chi connectivity index (χ2v) is 5.79. The van der Waals surface area contributed by atoms with Crippen LogP contribution in [0.5, 0.6) is 0 Å². The fourth-order valence-corrected chi connectivity index (χ4v) is 2.90. The van der Waals surface area contributed by atoms with Crippen molar-refractivity contribution in [2.24, 2.45) is 11.7 Å². The van der Waals surface area contributed by atoms with E-state index in [1.54, 1.807) is 11.8 Å². The van der Waals surface area contributed by atoms with Gasteiger partial charge < -0.3 is 15.7 Å². The molecule has 0 bridgehead atoms. The quantitative estimate of drug-likeness (QED) is 0.648. The molecule has 0 aliphatic rings. The highest BCUT2D eigenvalue weighted by Gasteiger charge is 2.20. The number of aliphatic hydroxyl groups excluding tert-OH is 1. The van der Waals surface area contributed by atoms with Gasteiger partial charge in [0.1, 0.15) is 0 Å². The fraction of sp³-hybridized carbons (Fsp3) is 1.00. The lowest BCUT2D eigenvalue weighted by Crippen LogP contribution is -2.40. The van der Waals surface area contributed by atoms with E-state index < -0.39 is 0 Å². The minimum absolute atomic E-state index is 0.0895. The molecular weight excluding hydrogens is 220 g/mol. The van der Waals surface area contributed by atoms with Crippen LogP contribution in [0.3, 0.4) is 0 Å². The van der Waals surface area contributed by atoms with Crippen LogP contribution in [0.1, 0.15) is 27.7 Å². The van der Waals surface area contributed by atoms with Crippen molar-refractivity contribution in [3.05, 3.63) is 0 Å². The molecule has 16 heavy (non-hydrogen) atoms. The van der Waals surface area contributed by atoms with E-state index in [1.165, 1.54) is 0 Å². The summed E-state index contributed by atoms with van der Waals surface area (Å²) in [5, 5.41) is 9.49. The Morgan fingerprint density at radius 1 is 1.25 bits per heavy atom. The smallest absolute Gasteiger partial charge is 0.0565 e. The highest BCUT2D eigenvalue weighted by Crippen LogP contribution is 2.18. The maximum atomic E-state index is 9.31. The van der Waals surface area contributed by atoms with Crippen molar-refractivity contribution in [1.29, 1.82) is 0 Å². The van der Waals surface area contributed by atoms with Crippen LogP contribution in [0.15, 0.2) is 0 Å². The maximum absolute atomic E-state index is 9.31. The monoisotopic (exact) mass is 248 g/mol. The Morgan fingerprint density at radius 2 is 1.81 bits per heavy atom. The molecular formula is C12H28N2OS. The normalized spacial score (nSPS) is 15.8. The van der Waals surface area contributed by atoms with Gasteiger partial charge in [0.2, 0.25) is 0 Å². The number of rotatable bonds is 9. The van der Waals surface area contributed by atoms with Gasteiger partial charge in [-0.3, -0.25) is 0 Å². The number of hydrogen-bond acceptors (Lipinski definition) is 4. The van der Waals surface area contributed by atoms with Crippen LogP contribution in [-0.4, -0.2) is 53.3 Å². The second kappa shape index (κ2) is 9.28. The van der Waals surface area contributed by atoms with E-state index in [9.17, 15) is 5.11 Å². The van der Waals surface area contributed by atoms with Crippen LogP contribution in [0.4, 0.5) is 0 Å². The lowest BCUT2D eigenvalue weighted by Gasteiger charge is -2.26. The predicted molar refractivity (Wildman–Crippen MR) is 73.9 cm³/mol. The standard InChI is InChI=1S/C12H28N2OS/c1-5-14(6-2)7-8-16-11(9-15)12(13)10(3)4/h10-12,15H,5-9,13H2,1-4H3. The van der Waals surface area contributed by atoms with Crippen LogP contribution < -0.4 is 5.73 Å². The molecule has 0 rings (SSSR count). The Labute approximate surface area is 105 Å². The van der Waals surface area contributed by atoms with Gasteiger partial charge in [0.25, 0.3) is 0 Å². The van der Waals surface area contributed by atoms with Crippen LogP contribution in [0.2, 0.25) is 0 Å². The molecule has 0 amide bonds. The first-order valence-corrected chi connectivity index (χ1v) is 7.32. The van der Waals surface area contributed by atoms with Gasteiger partial charge in [-0.2, -0.15) is 11.8 Å². The average molecular weight is 248 g/mol. The molecule has 2 atom stereocenters. The van der Waals surface area contributed by atoms with Gasteiger partial charge in [0.05, 0.1) is 6.61 Å². The third kappa shape index (κ3) is 6.09. The SMILES string of the molecule is CCN(CC)CCSC(CO)C(N)C(C)C. The molecule has 0 saturated heterocycles. The van der Waals surface area contributed by atoms with Gasteiger partial charge in [-0.25, -0.2) is 0 Å². The molecule has 0 aliphatic carbocycles. The molecule has 0 fully saturated rings. The topological polar surface area (TPSA) is 49.5 Å². The molecule has 0 radical (unpaired) electrons. The van der Waals surface area contributed by atoms with Gasteiger partial charge in [-0.1, -0.05) is 27.7 Å². The predicted octanol–water partition coefficient (Wildman–Crippen LogP) is 1.41. The maximum Gasteiger partial charge on any atom is 0.0565 e. The molecule has 0 saturated carbocycles. The van der Waals surface area contributed by atoms with Crippen LogP contribution in [0, 0.1) is 5.92 Å². The van der Waals surface area contributed by atoms with Crippen LogP contribution in [-0.2, 0) is 0 Å². The third-order valence-corrected chi connectivity index (χ3v) is 4.32. The zero-order valence-electron chi connectivity index (χ0n) is 11.1. The largest absolute Gasteiger partial charge is 0.395 e. The van der Waals surface area contributed by atoms with Crippen molar-refractivity contribution >= 4 is 11.8 Å². The van der Waals surface area contributed by atoms with E-state index in [2.05, 4.69) is 32.6 Å². The van der Waals surface area contributed by atoms with E-state index in [0.717, 1.165) is 25.4 Å². The molecule has 0 aromatic heterocycles. The molecule has 3 N–H and O–H groups in total. The fourth-order valence-electron chi connectivity index (χ4n) is 1.59. The highest BCUT2D eigenvalue weighted by molar-refractivity contribution is 8.00. The first-order valence-electron chi connectivity index (χ1n) is 6.27. The number of nitrogens with zero attached hydrogens (tertiary/aromatic N) is 1. The van der Waals surface area contributed by atoms with E-state index in [0.29, 0.717) is 5.92 Å². The number of thioether (sulfide) groups is 1. The first-order chi connectivity index (χ1) is 7.56. The van der Waals surface area contributed by atoms with Crippen molar-refractivity contribution in [3.8, 4) is 0 Å². The van der Waals surface area contributed by atoms with Gasteiger partial charge in [-0.05, 0) is 19.0 Å². The molecule has 0 heterocycles. The van der Waals surface area contributed by atoms with Crippen LogP contribution in [0.25, 0.3) is 0 Å². The Balaban J connectivity index is 3.87. The average Bonchev–Trinajstić information content (AvgIpc) is 2.28. The van der Waals surface area contributed by atoms with Gasteiger partial charge in [0, 0.05) is 23.6 Å². The van der Waals surface area contributed by atoms with Crippen molar-refractivity contribution in [2.45, 2.75) is 39.0 Å². The second-order valence-electron chi connectivity index (χ2n) is 4.44. The van der Waals surface area contributed by atoms with Crippen molar-refractivity contribution < 1.29 is 5.11 Å². The molecule has 2 unspecified atom stereocenters. The minimum Gasteiger partial charge on any atom is -0.395 e. The van der Waals surface area contributed by atoms with Crippen molar-refractivity contribution in [1.82, 2.24) is 4.90 Å². The summed E-state index contributed by atoms with van der Waals surface area (Å²) >= 11 is 1.80. The summed E-state index contributed by atoms with van der Waals surface area (Å²) in [6.45, 7) is 12.0. The van der Waals surface area contributed by atoms with E-state index in [-0.39, 0.29) is 17.9 Å². The van der Waals surface area contributed by atoms with Gasteiger partial charge in [0.15, 0.2) is 0 Å². The summed E-state index contributed by atoms with van der Waals surface area (Å²) in [5.74, 6) is 1.48. The molecule has 98 valence electrons. The summed E-state index contributed by atoms with van der Waals surface area (Å²) < 4.78 is 0. The highest BCUT2D eigenvalue weighted by atomic mass is 32.2. The first kappa shape index (κ1) is 16.2. The zero-order chi connectivity index (χ0) is 12.6. The Morgan fingerprint density at radius 3 is 2.19 bits per heavy atom. The Kier molecular flexibility index (Phi) is 9.41. The summed E-state index contributed by atoms with van der Waals surface area (Å²) in [5.41, 5.74) is 6.06. The lowest BCUT2D eigenvalue weighted by molar-refractivity contribution is 0.269. The Bertz CT molecular complexity index is 163. The van der Waals surface area contributed by atoms with Crippen LogP contribution >= 0.6 is 11.8 Å². The molecule has 3 nitrogen and oxygen atoms in total. The number of hydrogen-bond donors (Lipinski definition) is 2. The summed E-state index contributed by atoms with van der Waals surface area (Å²) in [4.78, 5) is 2.39. The van der Waals surface area contributed by atoms with Crippen molar-refractivity contribution in [2.75, 3.05) is 32.0 Å². The zero-order valence-corrected chi connectivity index (χ0v) is 12.0. The van der Waals surface area contributed by atoms with E-state index in [4.69, 9.17) is 5.73 Å². The lowest BCUT2D eigenvalue weighted by atomic mass is 10.0. The number of nitrogens with two attached hydrogens (primary N) is 1. The molecule has 0 aliphatic heterocycles. The van der Waals surface area contributed by atoms with Gasteiger partial charge in [-0.15, -0.1) is 0 Å². The molecule has 0 aromatic carbocycles. The molecule has 0 spiro atoms. The summed E-state index contributed by atoms with van der Waals surface area (Å²) in [6.07, 6.45) is 0. The summed E-state index contributed by atoms with van der Waals surface area (Å²) in [7, 11) is 0. The minimum atomic E-state index is 0.0895. The number of aliphatic hydroxyl groups is 1. The van der Waals surface area contributed by atoms with Crippen molar-refractivity contribution in [3.63, 3.8) is 0 Å². The van der Waals surface area contributed by atoms with Gasteiger partial charge >= 0.3 is 0 Å². The summed E-state index contributed by atoms with van der Waals surface area (Å²) in [6, 6.07) is 0.0895. The van der Waals surface area contributed by atoms with E-state index in [1.807, 2.05) is 0 Å². The Hall–Kier alpha value is 0.230. The molecule has 4 heteroatoms. The molecule has 0 aromatic rings.